The third kappa shape index (κ3) is 3.36. The minimum absolute atomic E-state index is 0.00623. The first-order valence-corrected chi connectivity index (χ1v) is 5.59. The van der Waals surface area contributed by atoms with Crippen molar-refractivity contribution in [2.45, 2.75) is 18.8 Å². The van der Waals surface area contributed by atoms with Crippen LogP contribution in [0, 0.1) is 3.70 Å². The Bertz CT molecular complexity index is 386. The number of aliphatic hydroxyl groups excluding tert-OH is 1. The summed E-state index contributed by atoms with van der Waals surface area (Å²) in [5, 5.41) is 9.01. The van der Waals surface area contributed by atoms with Gasteiger partial charge in [-0.3, -0.25) is 0 Å². The number of halogens is 5. The molecule has 1 heterocycles. The molecule has 0 aliphatic rings. The molecule has 16 heavy (non-hydrogen) atoms. The number of nitrogens with zero attached hydrogens (tertiary/aromatic N) is 1. The van der Waals surface area contributed by atoms with Crippen molar-refractivity contribution in [3.63, 3.8) is 0 Å². The van der Waals surface area contributed by atoms with E-state index in [1.54, 1.807) is 0 Å². The minimum Gasteiger partial charge on any atom is -0.404 e. The Balaban J connectivity index is 3.19. The number of hydrogen-bond donors (Lipinski definition) is 1. The van der Waals surface area contributed by atoms with Crippen molar-refractivity contribution in [2.75, 3.05) is 0 Å². The second-order valence-corrected chi connectivity index (χ2v) is 4.00. The van der Waals surface area contributed by atoms with Crippen LogP contribution >= 0.6 is 34.2 Å². The fourth-order valence-corrected chi connectivity index (χ4v) is 2.23. The van der Waals surface area contributed by atoms with E-state index in [4.69, 9.17) is 16.7 Å². The fourth-order valence-electron chi connectivity index (χ4n) is 1.07. The lowest BCUT2D eigenvalue weighted by Gasteiger charge is -2.14. The van der Waals surface area contributed by atoms with E-state index in [2.05, 4.69) is 9.72 Å². The van der Waals surface area contributed by atoms with Crippen molar-refractivity contribution in [3.8, 4) is 5.75 Å². The number of alkyl halides is 4. The predicted molar refractivity (Wildman–Crippen MR) is 59.1 cm³/mol. The molecule has 0 unspecified atom stereocenters. The highest BCUT2D eigenvalue weighted by Crippen LogP contribution is 2.30. The van der Waals surface area contributed by atoms with Crippen molar-refractivity contribution < 1.29 is 23.0 Å². The molecule has 0 fully saturated rings. The molecule has 0 bridgehead atoms. The van der Waals surface area contributed by atoms with Gasteiger partial charge in [-0.2, -0.15) is 0 Å². The molecule has 0 radical (unpaired) electrons. The highest BCUT2D eigenvalue weighted by molar-refractivity contribution is 14.1. The summed E-state index contributed by atoms with van der Waals surface area (Å²) in [4.78, 5) is 3.71. The lowest BCUT2D eigenvalue weighted by molar-refractivity contribution is -0.275. The molecule has 0 aromatic carbocycles. The highest BCUT2D eigenvalue weighted by Gasteiger charge is 2.32. The summed E-state index contributed by atoms with van der Waals surface area (Å²) in [6, 6.07) is 0. The maximum Gasteiger partial charge on any atom is 0.573 e. The van der Waals surface area contributed by atoms with E-state index in [9.17, 15) is 13.2 Å². The van der Waals surface area contributed by atoms with E-state index in [-0.39, 0.29) is 11.4 Å². The normalized spacial score (nSPS) is 11.6. The van der Waals surface area contributed by atoms with E-state index >= 15 is 0 Å². The third-order valence-electron chi connectivity index (χ3n) is 1.72. The molecule has 0 saturated heterocycles. The monoisotopic (exact) mass is 367 g/mol. The van der Waals surface area contributed by atoms with Gasteiger partial charge in [0.25, 0.3) is 0 Å². The number of pyridine rings is 1. The molecule has 0 saturated carbocycles. The van der Waals surface area contributed by atoms with Crippen LogP contribution in [0.1, 0.15) is 11.1 Å². The molecule has 1 N–H and O–H groups in total. The van der Waals surface area contributed by atoms with Gasteiger partial charge in [-0.25, -0.2) is 4.98 Å². The molecule has 0 aliphatic heterocycles. The number of rotatable bonds is 3. The second-order valence-electron chi connectivity index (χ2n) is 2.71. The van der Waals surface area contributed by atoms with Crippen LogP contribution in [0.15, 0.2) is 6.20 Å². The maximum atomic E-state index is 12.0. The summed E-state index contributed by atoms with van der Waals surface area (Å²) in [5.74, 6) is -0.568. The van der Waals surface area contributed by atoms with Crippen LogP contribution in [-0.4, -0.2) is 16.5 Å². The quantitative estimate of drug-likeness (QED) is 0.507. The summed E-state index contributed by atoms with van der Waals surface area (Å²) in [7, 11) is 0. The molecule has 0 aliphatic carbocycles. The summed E-state index contributed by atoms with van der Waals surface area (Å²) in [6.07, 6.45) is -3.90. The maximum absolute atomic E-state index is 12.0. The Kier molecular flexibility index (Phi) is 4.62. The molecule has 1 rings (SSSR count). The zero-order valence-electron chi connectivity index (χ0n) is 7.68. The van der Waals surface area contributed by atoms with Crippen LogP contribution in [0.5, 0.6) is 5.75 Å². The van der Waals surface area contributed by atoms with Crippen LogP contribution in [0.4, 0.5) is 13.2 Å². The van der Waals surface area contributed by atoms with Crippen molar-refractivity contribution in [1.29, 1.82) is 0 Å². The Hall–Kier alpha value is -0.280. The minimum atomic E-state index is -4.82. The van der Waals surface area contributed by atoms with E-state index in [0.29, 0.717) is 9.26 Å². The van der Waals surface area contributed by atoms with Gasteiger partial charge in [0.2, 0.25) is 0 Å². The standard InChI is InChI=1S/C8H6ClF3INO2/c9-1-4-5(3-15)6(2-14-7(4)13)16-8(10,11)12/h2,15H,1,3H2. The average Bonchev–Trinajstić information content (AvgIpc) is 2.18. The molecule has 0 atom stereocenters. The lowest BCUT2D eigenvalue weighted by atomic mass is 10.1. The summed E-state index contributed by atoms with van der Waals surface area (Å²) in [5.41, 5.74) is 0.346. The van der Waals surface area contributed by atoms with Gasteiger partial charge in [0.15, 0.2) is 5.75 Å². The molecular weight excluding hydrogens is 361 g/mol. The number of ether oxygens (including phenoxy) is 1. The Morgan fingerprint density at radius 3 is 2.50 bits per heavy atom. The van der Waals surface area contributed by atoms with Crippen LogP contribution in [0.2, 0.25) is 0 Å². The molecular formula is C8H6ClF3INO2. The molecule has 1 aromatic heterocycles. The lowest BCUT2D eigenvalue weighted by Crippen LogP contribution is -2.19. The topological polar surface area (TPSA) is 42.4 Å². The van der Waals surface area contributed by atoms with Crippen molar-refractivity contribution in [1.82, 2.24) is 4.98 Å². The van der Waals surface area contributed by atoms with Crippen LogP contribution < -0.4 is 4.74 Å². The average molecular weight is 367 g/mol. The summed E-state index contributed by atoms with van der Waals surface area (Å²) >= 11 is 7.39. The first-order chi connectivity index (χ1) is 7.39. The van der Waals surface area contributed by atoms with Gasteiger partial charge in [0.1, 0.15) is 3.70 Å². The molecule has 1 aromatic rings. The third-order valence-corrected chi connectivity index (χ3v) is 2.92. The van der Waals surface area contributed by atoms with E-state index in [0.717, 1.165) is 6.20 Å². The van der Waals surface area contributed by atoms with Gasteiger partial charge in [0.05, 0.1) is 18.7 Å². The highest BCUT2D eigenvalue weighted by atomic mass is 127. The Morgan fingerprint density at radius 1 is 1.44 bits per heavy atom. The van der Waals surface area contributed by atoms with Gasteiger partial charge in [-0.05, 0) is 22.6 Å². The van der Waals surface area contributed by atoms with Gasteiger partial charge in [-0.1, -0.05) is 0 Å². The van der Waals surface area contributed by atoms with Crippen LogP contribution in [0.3, 0.4) is 0 Å². The summed E-state index contributed by atoms with van der Waals surface area (Å²) in [6.45, 7) is -0.591. The first kappa shape index (κ1) is 13.8. The van der Waals surface area contributed by atoms with E-state index in [1.165, 1.54) is 0 Å². The Morgan fingerprint density at radius 2 is 2.06 bits per heavy atom. The number of hydrogen-bond acceptors (Lipinski definition) is 3. The van der Waals surface area contributed by atoms with Gasteiger partial charge < -0.3 is 9.84 Å². The van der Waals surface area contributed by atoms with Crippen LogP contribution in [0.25, 0.3) is 0 Å². The van der Waals surface area contributed by atoms with Gasteiger partial charge >= 0.3 is 6.36 Å². The van der Waals surface area contributed by atoms with Crippen molar-refractivity contribution in [3.05, 3.63) is 21.0 Å². The van der Waals surface area contributed by atoms with Gasteiger partial charge in [-0.15, -0.1) is 24.8 Å². The van der Waals surface area contributed by atoms with Gasteiger partial charge in [0, 0.05) is 11.1 Å². The molecule has 3 nitrogen and oxygen atoms in total. The molecule has 8 heteroatoms. The van der Waals surface area contributed by atoms with E-state index in [1.807, 2.05) is 22.6 Å². The van der Waals surface area contributed by atoms with E-state index < -0.39 is 18.7 Å². The Labute approximate surface area is 108 Å². The molecule has 90 valence electrons. The predicted octanol–water partition coefficient (Wildman–Crippen LogP) is 2.82. The fraction of sp³-hybridized carbons (Fsp3) is 0.375. The van der Waals surface area contributed by atoms with Crippen molar-refractivity contribution in [2.24, 2.45) is 0 Å². The summed E-state index contributed by atoms with van der Waals surface area (Å²) < 4.78 is 40.3. The van der Waals surface area contributed by atoms with Crippen molar-refractivity contribution >= 4 is 34.2 Å². The zero-order chi connectivity index (χ0) is 12.3. The molecule has 0 spiro atoms. The molecule has 0 amide bonds. The first-order valence-electron chi connectivity index (χ1n) is 3.98. The smallest absolute Gasteiger partial charge is 0.404 e. The largest absolute Gasteiger partial charge is 0.573 e. The zero-order valence-corrected chi connectivity index (χ0v) is 10.6. The number of aromatic nitrogens is 1. The van der Waals surface area contributed by atoms with Crippen LogP contribution in [-0.2, 0) is 12.5 Å². The number of aliphatic hydroxyl groups is 1. The second kappa shape index (κ2) is 5.37. The SMILES string of the molecule is OCc1c(OC(F)(F)F)cnc(I)c1CCl.